The van der Waals surface area contributed by atoms with E-state index in [-0.39, 0.29) is 10.9 Å². The van der Waals surface area contributed by atoms with Gasteiger partial charge in [0, 0.05) is 11.7 Å². The number of hydrogen-bond donors (Lipinski definition) is 2. The molecule has 1 rings (SSSR count). The maximum atomic E-state index is 12.0. The smallest absolute Gasteiger partial charge is 0.241 e. The van der Waals surface area contributed by atoms with Gasteiger partial charge in [-0.3, -0.25) is 0 Å². The van der Waals surface area contributed by atoms with Crippen LogP contribution in [0.2, 0.25) is 0 Å². The molecule has 1 aromatic rings. The highest BCUT2D eigenvalue weighted by Gasteiger charge is 2.19. The van der Waals surface area contributed by atoms with Crippen molar-refractivity contribution in [2.75, 3.05) is 5.73 Å². The molecule has 0 aliphatic carbocycles. The number of aryl methyl sites for hydroxylation is 1. The van der Waals surface area contributed by atoms with Crippen molar-refractivity contribution in [1.82, 2.24) is 4.72 Å². The Morgan fingerprint density at radius 1 is 1.25 bits per heavy atom. The molecule has 0 atom stereocenters. The molecule has 90 valence electrons. The summed E-state index contributed by atoms with van der Waals surface area (Å²) in [5.41, 5.74) is 7.75. The lowest BCUT2D eigenvalue weighted by Crippen LogP contribution is -2.30. The van der Waals surface area contributed by atoms with E-state index in [1.165, 1.54) is 6.07 Å². The van der Waals surface area contributed by atoms with Crippen molar-refractivity contribution in [3.63, 3.8) is 0 Å². The Balaban J connectivity index is 3.33. The van der Waals surface area contributed by atoms with Crippen LogP contribution in [0.25, 0.3) is 0 Å². The van der Waals surface area contributed by atoms with Gasteiger partial charge < -0.3 is 5.73 Å². The van der Waals surface area contributed by atoms with Crippen LogP contribution in [0.15, 0.2) is 17.0 Å². The van der Waals surface area contributed by atoms with E-state index in [4.69, 9.17) is 5.73 Å². The maximum Gasteiger partial charge on any atom is 0.241 e. The number of rotatable bonds is 3. The Morgan fingerprint density at radius 3 is 2.31 bits per heavy atom. The molecule has 1 aromatic carbocycles. The van der Waals surface area contributed by atoms with E-state index in [1.807, 2.05) is 6.92 Å². The van der Waals surface area contributed by atoms with Crippen LogP contribution in [0.1, 0.15) is 25.0 Å². The number of hydrogen-bond acceptors (Lipinski definition) is 3. The zero-order valence-corrected chi connectivity index (χ0v) is 10.9. The van der Waals surface area contributed by atoms with Crippen molar-refractivity contribution >= 4 is 15.7 Å². The van der Waals surface area contributed by atoms with Gasteiger partial charge in [-0.05, 0) is 51.0 Å². The molecule has 0 saturated heterocycles. The summed E-state index contributed by atoms with van der Waals surface area (Å²) >= 11 is 0. The van der Waals surface area contributed by atoms with E-state index >= 15 is 0 Å². The van der Waals surface area contributed by atoms with E-state index in [2.05, 4.69) is 4.72 Å². The third kappa shape index (κ3) is 2.74. The number of anilines is 1. The first kappa shape index (κ1) is 13.0. The molecule has 0 amide bonds. The van der Waals surface area contributed by atoms with E-state index < -0.39 is 10.0 Å². The summed E-state index contributed by atoms with van der Waals surface area (Å²) in [4.78, 5) is 0.263. The topological polar surface area (TPSA) is 72.2 Å². The monoisotopic (exact) mass is 242 g/mol. The van der Waals surface area contributed by atoms with E-state index in [0.717, 1.165) is 11.1 Å². The predicted octanol–water partition coefficient (Wildman–Crippen LogP) is 1.57. The third-order valence-electron chi connectivity index (χ3n) is 2.32. The first-order valence-electron chi connectivity index (χ1n) is 5.13. The fourth-order valence-corrected chi connectivity index (χ4v) is 3.11. The summed E-state index contributed by atoms with van der Waals surface area (Å²) in [7, 11) is -3.47. The summed E-state index contributed by atoms with van der Waals surface area (Å²) in [5, 5.41) is 0. The first-order chi connectivity index (χ1) is 7.24. The maximum absolute atomic E-state index is 12.0. The highest BCUT2D eigenvalue weighted by Crippen LogP contribution is 2.22. The van der Waals surface area contributed by atoms with Gasteiger partial charge in [0.2, 0.25) is 10.0 Å². The summed E-state index contributed by atoms with van der Waals surface area (Å²) in [6.45, 7) is 7.20. The van der Waals surface area contributed by atoms with Crippen LogP contribution >= 0.6 is 0 Å². The minimum absolute atomic E-state index is 0.133. The number of benzene rings is 1. The van der Waals surface area contributed by atoms with Crippen LogP contribution in [0, 0.1) is 13.8 Å². The molecule has 0 radical (unpaired) electrons. The van der Waals surface area contributed by atoms with Gasteiger partial charge >= 0.3 is 0 Å². The minimum Gasteiger partial charge on any atom is -0.399 e. The number of nitrogen functional groups attached to an aromatic ring is 1. The van der Waals surface area contributed by atoms with Crippen LogP contribution in [-0.2, 0) is 10.0 Å². The van der Waals surface area contributed by atoms with Crippen molar-refractivity contribution < 1.29 is 8.42 Å². The van der Waals surface area contributed by atoms with Gasteiger partial charge in [-0.2, -0.15) is 0 Å². The molecule has 0 unspecified atom stereocenters. The molecule has 0 aliphatic heterocycles. The highest BCUT2D eigenvalue weighted by atomic mass is 32.2. The molecule has 0 aliphatic rings. The molecule has 0 heterocycles. The fourth-order valence-electron chi connectivity index (χ4n) is 1.51. The van der Waals surface area contributed by atoms with Gasteiger partial charge in [-0.25, -0.2) is 13.1 Å². The minimum atomic E-state index is -3.47. The molecular weight excluding hydrogens is 224 g/mol. The van der Waals surface area contributed by atoms with E-state index in [1.54, 1.807) is 26.8 Å². The van der Waals surface area contributed by atoms with Crippen molar-refractivity contribution in [1.29, 1.82) is 0 Å². The van der Waals surface area contributed by atoms with Gasteiger partial charge in [0.05, 0.1) is 4.90 Å². The summed E-state index contributed by atoms with van der Waals surface area (Å²) in [5.74, 6) is 0. The molecule has 3 N–H and O–H groups in total. The van der Waals surface area contributed by atoms with Crippen molar-refractivity contribution in [2.45, 2.75) is 38.6 Å². The molecule has 0 spiro atoms. The largest absolute Gasteiger partial charge is 0.399 e. The molecular formula is C11H18N2O2S. The molecule has 0 saturated carbocycles. The van der Waals surface area contributed by atoms with Gasteiger partial charge in [-0.15, -0.1) is 0 Å². The number of nitrogens with one attached hydrogen (secondary N) is 1. The Bertz CT molecular complexity index is 493. The fraction of sp³-hybridized carbons (Fsp3) is 0.455. The van der Waals surface area contributed by atoms with Gasteiger partial charge in [0.15, 0.2) is 0 Å². The molecule has 0 fully saturated rings. The van der Waals surface area contributed by atoms with Crippen molar-refractivity contribution in [2.24, 2.45) is 0 Å². The number of nitrogens with two attached hydrogens (primary N) is 1. The van der Waals surface area contributed by atoms with Crippen LogP contribution in [-0.4, -0.2) is 14.5 Å². The normalized spacial score (nSPS) is 12.1. The zero-order chi connectivity index (χ0) is 12.5. The predicted molar refractivity (Wildman–Crippen MR) is 65.8 cm³/mol. The summed E-state index contributed by atoms with van der Waals surface area (Å²) < 4.78 is 26.5. The Kier molecular flexibility index (Phi) is 3.60. The van der Waals surface area contributed by atoms with Gasteiger partial charge in [0.25, 0.3) is 0 Å². The molecule has 0 aromatic heterocycles. The quantitative estimate of drug-likeness (QED) is 0.790. The Morgan fingerprint density at radius 2 is 1.81 bits per heavy atom. The van der Waals surface area contributed by atoms with E-state index in [9.17, 15) is 8.42 Å². The lowest BCUT2D eigenvalue weighted by molar-refractivity contribution is 0.569. The Hall–Kier alpha value is -1.07. The molecule has 5 heteroatoms. The Labute approximate surface area is 96.9 Å². The lowest BCUT2D eigenvalue weighted by atomic mass is 10.1. The average Bonchev–Trinajstić information content (AvgIpc) is 2.08. The number of sulfonamides is 1. The van der Waals surface area contributed by atoms with Gasteiger partial charge in [0.1, 0.15) is 0 Å². The highest BCUT2D eigenvalue weighted by molar-refractivity contribution is 7.89. The molecule has 0 bridgehead atoms. The standard InChI is InChI=1S/C11H18N2O2S/c1-7(2)13-16(14,15)11-6-10(12)5-8(3)9(11)4/h5-7,13H,12H2,1-4H3. The van der Waals surface area contributed by atoms with Crippen LogP contribution in [0.5, 0.6) is 0 Å². The summed E-state index contributed by atoms with van der Waals surface area (Å²) in [6.07, 6.45) is 0. The van der Waals surface area contributed by atoms with Crippen LogP contribution in [0.3, 0.4) is 0 Å². The summed E-state index contributed by atoms with van der Waals surface area (Å²) in [6, 6.07) is 3.13. The SMILES string of the molecule is Cc1cc(N)cc(S(=O)(=O)NC(C)C)c1C. The molecule has 16 heavy (non-hydrogen) atoms. The lowest BCUT2D eigenvalue weighted by Gasteiger charge is -2.13. The zero-order valence-electron chi connectivity index (χ0n) is 10.0. The van der Waals surface area contributed by atoms with Crippen LogP contribution < -0.4 is 10.5 Å². The molecule has 4 nitrogen and oxygen atoms in total. The second-order valence-electron chi connectivity index (χ2n) is 4.24. The first-order valence-corrected chi connectivity index (χ1v) is 6.61. The van der Waals surface area contributed by atoms with E-state index in [0.29, 0.717) is 5.69 Å². The van der Waals surface area contributed by atoms with Crippen LogP contribution in [0.4, 0.5) is 5.69 Å². The average molecular weight is 242 g/mol. The second-order valence-corrected chi connectivity index (χ2v) is 5.92. The third-order valence-corrected chi connectivity index (χ3v) is 4.11. The second kappa shape index (κ2) is 4.43. The van der Waals surface area contributed by atoms with Gasteiger partial charge in [-0.1, -0.05) is 0 Å². The van der Waals surface area contributed by atoms with Crippen molar-refractivity contribution in [3.8, 4) is 0 Å². The van der Waals surface area contributed by atoms with Crippen molar-refractivity contribution in [3.05, 3.63) is 23.3 Å².